The number of methoxy groups -OCH3 is 1. The molecule has 8 heteroatoms. The summed E-state index contributed by atoms with van der Waals surface area (Å²) in [6.45, 7) is 8.36. The van der Waals surface area contributed by atoms with Gasteiger partial charge in [-0.3, -0.25) is 4.90 Å². The Morgan fingerprint density at radius 1 is 1.07 bits per heavy atom. The smallest absolute Gasteiger partial charge is 0.231 e. The van der Waals surface area contributed by atoms with Crippen molar-refractivity contribution >= 4 is 11.8 Å². The van der Waals surface area contributed by atoms with Crippen LogP contribution in [0.3, 0.4) is 0 Å². The van der Waals surface area contributed by atoms with E-state index >= 15 is 0 Å². The normalized spacial score (nSPS) is 16.4. The van der Waals surface area contributed by atoms with Gasteiger partial charge in [0, 0.05) is 58.1 Å². The largest absolute Gasteiger partial charge is 0.454 e. The summed E-state index contributed by atoms with van der Waals surface area (Å²) >= 11 is 0. The highest BCUT2D eigenvalue weighted by Gasteiger charge is 2.21. The van der Waals surface area contributed by atoms with Crippen LogP contribution in [0.25, 0.3) is 0 Å². The van der Waals surface area contributed by atoms with E-state index in [-0.39, 0.29) is 0 Å². The van der Waals surface area contributed by atoms with Crippen molar-refractivity contribution in [1.82, 2.24) is 14.9 Å². The van der Waals surface area contributed by atoms with E-state index in [2.05, 4.69) is 37.2 Å². The van der Waals surface area contributed by atoms with E-state index in [9.17, 15) is 0 Å². The molecule has 28 heavy (non-hydrogen) atoms. The summed E-state index contributed by atoms with van der Waals surface area (Å²) < 4.78 is 16.0. The van der Waals surface area contributed by atoms with Crippen molar-refractivity contribution in [2.24, 2.45) is 0 Å². The van der Waals surface area contributed by atoms with Crippen molar-refractivity contribution in [2.45, 2.75) is 13.5 Å². The summed E-state index contributed by atoms with van der Waals surface area (Å²) in [6, 6.07) is 8.15. The number of hydrogen-bond acceptors (Lipinski definition) is 8. The molecular weight excluding hydrogens is 358 g/mol. The van der Waals surface area contributed by atoms with Crippen LogP contribution in [0.4, 0.5) is 11.8 Å². The molecule has 3 heterocycles. The molecular formula is C20H27N5O3. The van der Waals surface area contributed by atoms with Crippen LogP contribution in [-0.4, -0.2) is 68.1 Å². The van der Waals surface area contributed by atoms with E-state index < -0.39 is 0 Å². The second-order valence-electron chi connectivity index (χ2n) is 7.06. The third-order valence-electron chi connectivity index (χ3n) is 4.95. The molecule has 8 nitrogen and oxygen atoms in total. The predicted octanol–water partition coefficient (Wildman–Crippen LogP) is 1.89. The number of aryl methyl sites for hydroxylation is 1. The predicted molar refractivity (Wildman–Crippen MR) is 107 cm³/mol. The highest BCUT2D eigenvalue weighted by Crippen LogP contribution is 2.32. The van der Waals surface area contributed by atoms with Gasteiger partial charge >= 0.3 is 0 Å². The van der Waals surface area contributed by atoms with Gasteiger partial charge in [-0.15, -0.1) is 0 Å². The SMILES string of the molecule is COCCNc1cc(C)nc(N2CCN(Cc3ccc4c(c3)OCO4)CC2)n1. The molecule has 0 spiro atoms. The highest BCUT2D eigenvalue weighted by atomic mass is 16.7. The van der Waals surface area contributed by atoms with Gasteiger partial charge in [0.25, 0.3) is 0 Å². The number of nitrogens with zero attached hydrogens (tertiary/aromatic N) is 4. The number of nitrogens with one attached hydrogen (secondary N) is 1. The van der Waals surface area contributed by atoms with Crippen molar-refractivity contribution < 1.29 is 14.2 Å². The van der Waals surface area contributed by atoms with Crippen LogP contribution in [0.15, 0.2) is 24.3 Å². The van der Waals surface area contributed by atoms with Gasteiger partial charge in [-0.05, 0) is 24.6 Å². The van der Waals surface area contributed by atoms with Gasteiger partial charge in [0.05, 0.1) is 6.61 Å². The Morgan fingerprint density at radius 3 is 2.71 bits per heavy atom. The fourth-order valence-electron chi connectivity index (χ4n) is 3.47. The molecule has 0 saturated carbocycles. The number of anilines is 2. The third kappa shape index (κ3) is 4.45. The minimum Gasteiger partial charge on any atom is -0.454 e. The van der Waals surface area contributed by atoms with Gasteiger partial charge in [0.2, 0.25) is 12.7 Å². The molecule has 1 saturated heterocycles. The van der Waals surface area contributed by atoms with E-state index in [1.54, 1.807) is 7.11 Å². The summed E-state index contributed by atoms with van der Waals surface area (Å²) in [4.78, 5) is 14.0. The second kappa shape index (κ2) is 8.62. The lowest BCUT2D eigenvalue weighted by atomic mass is 10.1. The highest BCUT2D eigenvalue weighted by molar-refractivity contribution is 5.45. The first-order valence-corrected chi connectivity index (χ1v) is 9.65. The zero-order valence-corrected chi connectivity index (χ0v) is 16.5. The van der Waals surface area contributed by atoms with Crippen LogP contribution in [0.2, 0.25) is 0 Å². The maximum atomic E-state index is 5.48. The summed E-state index contributed by atoms with van der Waals surface area (Å²) in [5.74, 6) is 3.32. The molecule has 0 atom stereocenters. The Kier molecular flexibility index (Phi) is 5.78. The lowest BCUT2D eigenvalue weighted by molar-refractivity contribution is 0.174. The Labute approximate surface area is 165 Å². The standard InChI is InChI=1S/C20H27N5O3/c1-15-11-19(21-5-10-26-2)23-20(22-15)25-8-6-24(7-9-25)13-16-3-4-17-18(12-16)28-14-27-17/h3-4,11-12H,5-10,13-14H2,1-2H3,(H,21,22,23). The molecule has 2 aliphatic rings. The average molecular weight is 385 g/mol. The van der Waals surface area contributed by atoms with Gasteiger partial charge in [0.15, 0.2) is 11.5 Å². The molecule has 1 aromatic heterocycles. The van der Waals surface area contributed by atoms with Crippen LogP contribution in [-0.2, 0) is 11.3 Å². The van der Waals surface area contributed by atoms with Crippen LogP contribution in [0, 0.1) is 6.92 Å². The van der Waals surface area contributed by atoms with Crippen LogP contribution in [0.5, 0.6) is 11.5 Å². The van der Waals surface area contributed by atoms with Crippen molar-refractivity contribution in [2.75, 3.05) is 63.5 Å². The number of piperazine rings is 1. The molecule has 2 aliphatic heterocycles. The van der Waals surface area contributed by atoms with Crippen molar-refractivity contribution in [3.63, 3.8) is 0 Å². The van der Waals surface area contributed by atoms with Gasteiger partial charge in [0.1, 0.15) is 5.82 Å². The van der Waals surface area contributed by atoms with E-state index in [0.29, 0.717) is 13.4 Å². The first-order chi connectivity index (χ1) is 13.7. The second-order valence-corrected chi connectivity index (χ2v) is 7.06. The van der Waals surface area contributed by atoms with E-state index in [4.69, 9.17) is 14.2 Å². The minimum absolute atomic E-state index is 0.316. The topological polar surface area (TPSA) is 72.0 Å². The Balaban J connectivity index is 1.33. The number of fused-ring (bicyclic) bond motifs is 1. The fraction of sp³-hybridized carbons (Fsp3) is 0.500. The molecule has 0 bridgehead atoms. The molecule has 1 fully saturated rings. The third-order valence-corrected chi connectivity index (χ3v) is 4.95. The molecule has 4 rings (SSSR count). The summed E-state index contributed by atoms with van der Waals surface area (Å²) in [5, 5.41) is 3.29. The molecule has 0 amide bonds. The van der Waals surface area contributed by atoms with Crippen molar-refractivity contribution in [3.05, 3.63) is 35.5 Å². The van der Waals surface area contributed by atoms with Crippen LogP contribution < -0.4 is 19.7 Å². The quantitative estimate of drug-likeness (QED) is 0.725. The Hall–Kier alpha value is -2.58. The molecule has 0 unspecified atom stereocenters. The maximum absolute atomic E-state index is 5.48. The molecule has 0 aliphatic carbocycles. The lowest BCUT2D eigenvalue weighted by Crippen LogP contribution is -2.46. The lowest BCUT2D eigenvalue weighted by Gasteiger charge is -2.35. The molecule has 2 aromatic rings. The first-order valence-electron chi connectivity index (χ1n) is 9.65. The van der Waals surface area contributed by atoms with E-state index in [1.807, 2.05) is 19.1 Å². The zero-order valence-electron chi connectivity index (χ0n) is 16.5. The van der Waals surface area contributed by atoms with Crippen molar-refractivity contribution in [1.29, 1.82) is 0 Å². The molecule has 1 aromatic carbocycles. The van der Waals surface area contributed by atoms with E-state index in [1.165, 1.54) is 5.56 Å². The summed E-state index contributed by atoms with van der Waals surface area (Å²) in [6.07, 6.45) is 0. The number of aromatic nitrogens is 2. The summed E-state index contributed by atoms with van der Waals surface area (Å²) in [7, 11) is 1.70. The number of ether oxygens (including phenoxy) is 3. The van der Waals surface area contributed by atoms with Gasteiger partial charge in [-0.25, -0.2) is 4.98 Å². The molecule has 0 radical (unpaired) electrons. The number of rotatable bonds is 7. The van der Waals surface area contributed by atoms with Gasteiger partial charge < -0.3 is 24.4 Å². The maximum Gasteiger partial charge on any atom is 0.231 e. The van der Waals surface area contributed by atoms with Crippen molar-refractivity contribution in [3.8, 4) is 11.5 Å². The van der Waals surface area contributed by atoms with Gasteiger partial charge in [-0.2, -0.15) is 4.98 Å². The summed E-state index contributed by atoms with van der Waals surface area (Å²) in [5.41, 5.74) is 2.21. The number of hydrogen-bond donors (Lipinski definition) is 1. The first kappa shape index (κ1) is 18.8. The molecule has 150 valence electrons. The Bertz CT molecular complexity index is 808. The minimum atomic E-state index is 0.316. The monoisotopic (exact) mass is 385 g/mol. The van der Waals surface area contributed by atoms with Crippen LogP contribution >= 0.6 is 0 Å². The number of benzene rings is 1. The van der Waals surface area contributed by atoms with Gasteiger partial charge in [-0.1, -0.05) is 6.07 Å². The molecule has 1 N–H and O–H groups in total. The average Bonchev–Trinajstić information content (AvgIpc) is 3.16. The van der Waals surface area contributed by atoms with Crippen LogP contribution in [0.1, 0.15) is 11.3 Å². The van der Waals surface area contributed by atoms with E-state index in [0.717, 1.165) is 68.2 Å². The fourth-order valence-corrected chi connectivity index (χ4v) is 3.47. The zero-order chi connectivity index (χ0) is 19.3. The Morgan fingerprint density at radius 2 is 1.89 bits per heavy atom.